The maximum absolute atomic E-state index is 11.6. The van der Waals surface area contributed by atoms with E-state index in [9.17, 15) is 4.79 Å². The molecule has 2 heterocycles. The van der Waals surface area contributed by atoms with E-state index < -0.39 is 0 Å². The third kappa shape index (κ3) is 5.06. The highest BCUT2D eigenvalue weighted by atomic mass is 16.1. The van der Waals surface area contributed by atoms with E-state index in [2.05, 4.69) is 22.6 Å². The molecule has 6 heteroatoms. The maximum atomic E-state index is 11.6. The van der Waals surface area contributed by atoms with E-state index in [0.717, 1.165) is 26.2 Å². The molecule has 0 bridgehead atoms. The minimum atomic E-state index is 0.156. The molecule has 0 spiro atoms. The lowest BCUT2D eigenvalue weighted by Crippen LogP contribution is -2.52. The fourth-order valence-corrected chi connectivity index (χ4v) is 2.76. The third-order valence-corrected chi connectivity index (χ3v) is 4.06. The number of carbonyl (C=O) groups excluding carboxylic acids is 1. The summed E-state index contributed by atoms with van der Waals surface area (Å²) in [5.41, 5.74) is 0. The van der Waals surface area contributed by atoms with Crippen LogP contribution in [0.5, 0.6) is 0 Å². The highest BCUT2D eigenvalue weighted by Crippen LogP contribution is 2.14. The average Bonchev–Trinajstić information content (AvgIpc) is 2.35. The van der Waals surface area contributed by atoms with E-state index in [4.69, 9.17) is 5.84 Å². The van der Waals surface area contributed by atoms with Crippen molar-refractivity contribution in [2.45, 2.75) is 25.3 Å². The Bertz CT molecular complexity index is 285. The molecule has 0 saturated carbocycles. The van der Waals surface area contributed by atoms with Crippen molar-refractivity contribution in [3.05, 3.63) is 0 Å². The van der Waals surface area contributed by atoms with Crippen LogP contribution in [-0.4, -0.2) is 68.2 Å². The van der Waals surface area contributed by atoms with Crippen LogP contribution in [0.1, 0.15) is 19.3 Å². The van der Waals surface area contributed by atoms with Gasteiger partial charge in [-0.25, -0.2) is 5.01 Å². The van der Waals surface area contributed by atoms with Crippen molar-refractivity contribution in [1.82, 2.24) is 20.5 Å². The van der Waals surface area contributed by atoms with Gasteiger partial charge in [0.1, 0.15) is 0 Å². The summed E-state index contributed by atoms with van der Waals surface area (Å²) in [5.74, 6) is 6.15. The molecule has 6 nitrogen and oxygen atoms in total. The summed E-state index contributed by atoms with van der Waals surface area (Å²) >= 11 is 0. The Morgan fingerprint density at radius 3 is 2.58 bits per heavy atom. The lowest BCUT2D eigenvalue weighted by atomic mass is 9.98. The fourth-order valence-electron chi connectivity index (χ4n) is 2.76. The summed E-state index contributed by atoms with van der Waals surface area (Å²) in [4.78, 5) is 14.0. The first-order chi connectivity index (χ1) is 9.13. The number of nitrogens with two attached hydrogens (primary N) is 1. The number of nitrogens with zero attached hydrogens (tertiary/aromatic N) is 2. The SMILES string of the molecule is CN1CCC(NCCNC(=O)CC2CN(N)C2)CC1. The predicted octanol–water partition coefficient (Wildman–Crippen LogP) is -1.02. The molecular formula is C13H27N5O. The Kier molecular flexibility index (Phi) is 5.57. The smallest absolute Gasteiger partial charge is 0.220 e. The van der Waals surface area contributed by atoms with E-state index in [-0.39, 0.29) is 5.91 Å². The molecule has 0 aromatic rings. The minimum absolute atomic E-state index is 0.156. The monoisotopic (exact) mass is 269 g/mol. The fraction of sp³-hybridized carbons (Fsp3) is 0.923. The van der Waals surface area contributed by atoms with Gasteiger partial charge in [-0.15, -0.1) is 0 Å². The highest BCUT2D eigenvalue weighted by Gasteiger charge is 2.25. The molecule has 2 aliphatic heterocycles. The second-order valence-corrected chi connectivity index (χ2v) is 5.91. The number of hydrogen-bond acceptors (Lipinski definition) is 5. The summed E-state index contributed by atoms with van der Waals surface area (Å²) in [6.07, 6.45) is 3.03. The van der Waals surface area contributed by atoms with E-state index >= 15 is 0 Å². The number of hydrazine groups is 1. The molecule has 110 valence electrons. The second-order valence-electron chi connectivity index (χ2n) is 5.91. The van der Waals surface area contributed by atoms with Gasteiger partial charge in [0, 0.05) is 38.6 Å². The normalized spacial score (nSPS) is 23.3. The molecular weight excluding hydrogens is 242 g/mol. The molecule has 0 aromatic carbocycles. The molecule has 4 N–H and O–H groups in total. The third-order valence-electron chi connectivity index (χ3n) is 4.06. The first-order valence-corrected chi connectivity index (χ1v) is 7.32. The van der Waals surface area contributed by atoms with E-state index in [1.54, 1.807) is 5.01 Å². The lowest BCUT2D eigenvalue weighted by molar-refractivity contribution is -0.123. The van der Waals surface area contributed by atoms with Gasteiger partial charge in [0.05, 0.1) is 0 Å². The standard InChI is InChI=1S/C13H27N5O/c1-17-6-2-12(3-7-17)15-4-5-16-13(19)8-11-9-18(14)10-11/h11-12,15H,2-10,14H2,1H3,(H,16,19). The van der Waals surface area contributed by atoms with Crippen LogP contribution >= 0.6 is 0 Å². The molecule has 0 atom stereocenters. The number of hydrogen-bond donors (Lipinski definition) is 3. The summed E-state index contributed by atoms with van der Waals surface area (Å²) < 4.78 is 0. The Morgan fingerprint density at radius 1 is 1.26 bits per heavy atom. The van der Waals surface area contributed by atoms with Gasteiger partial charge in [-0.3, -0.25) is 10.6 Å². The van der Waals surface area contributed by atoms with Gasteiger partial charge in [0.15, 0.2) is 0 Å². The number of carbonyl (C=O) groups is 1. The topological polar surface area (TPSA) is 73.6 Å². The number of nitrogens with one attached hydrogen (secondary N) is 2. The number of piperidine rings is 1. The van der Waals surface area contributed by atoms with Crippen molar-refractivity contribution in [3.8, 4) is 0 Å². The van der Waals surface area contributed by atoms with Crippen molar-refractivity contribution in [2.24, 2.45) is 11.8 Å². The average molecular weight is 269 g/mol. The van der Waals surface area contributed by atoms with Crippen molar-refractivity contribution < 1.29 is 4.79 Å². The largest absolute Gasteiger partial charge is 0.355 e. The van der Waals surface area contributed by atoms with E-state index in [0.29, 0.717) is 18.4 Å². The first kappa shape index (κ1) is 14.7. The second kappa shape index (κ2) is 7.19. The van der Waals surface area contributed by atoms with Crippen molar-refractivity contribution in [3.63, 3.8) is 0 Å². The molecule has 2 rings (SSSR count). The van der Waals surface area contributed by atoms with Gasteiger partial charge in [-0.05, 0) is 38.9 Å². The van der Waals surface area contributed by atoms with Crippen LogP contribution in [0.3, 0.4) is 0 Å². The molecule has 2 saturated heterocycles. The summed E-state index contributed by atoms with van der Waals surface area (Å²) in [7, 11) is 2.17. The summed E-state index contributed by atoms with van der Waals surface area (Å²) in [5, 5.41) is 8.24. The van der Waals surface area contributed by atoms with Gasteiger partial charge in [-0.1, -0.05) is 0 Å². The van der Waals surface area contributed by atoms with Crippen LogP contribution < -0.4 is 16.5 Å². The number of rotatable bonds is 6. The number of amides is 1. The zero-order valence-electron chi connectivity index (χ0n) is 11.9. The van der Waals surface area contributed by atoms with Crippen LogP contribution in [-0.2, 0) is 4.79 Å². The Balaban J connectivity index is 1.46. The molecule has 0 aliphatic carbocycles. The molecule has 0 radical (unpaired) electrons. The molecule has 0 aromatic heterocycles. The Labute approximate surface area is 115 Å². The minimum Gasteiger partial charge on any atom is -0.355 e. The Morgan fingerprint density at radius 2 is 1.95 bits per heavy atom. The van der Waals surface area contributed by atoms with Crippen LogP contribution in [0, 0.1) is 5.92 Å². The highest BCUT2D eigenvalue weighted by molar-refractivity contribution is 5.76. The van der Waals surface area contributed by atoms with Crippen molar-refractivity contribution >= 4 is 5.91 Å². The molecule has 0 unspecified atom stereocenters. The zero-order valence-corrected chi connectivity index (χ0v) is 11.9. The van der Waals surface area contributed by atoms with E-state index in [1.807, 2.05) is 0 Å². The van der Waals surface area contributed by atoms with Gasteiger partial charge in [0.2, 0.25) is 5.91 Å². The molecule has 2 aliphatic rings. The van der Waals surface area contributed by atoms with Crippen LogP contribution in [0.15, 0.2) is 0 Å². The van der Waals surface area contributed by atoms with Gasteiger partial charge < -0.3 is 15.5 Å². The molecule has 2 fully saturated rings. The van der Waals surface area contributed by atoms with Gasteiger partial charge in [-0.2, -0.15) is 0 Å². The quantitative estimate of drug-likeness (QED) is 0.425. The molecule has 1 amide bonds. The van der Waals surface area contributed by atoms with Crippen molar-refractivity contribution in [2.75, 3.05) is 46.3 Å². The summed E-state index contributed by atoms with van der Waals surface area (Å²) in [6, 6.07) is 0.616. The van der Waals surface area contributed by atoms with Crippen LogP contribution in [0.2, 0.25) is 0 Å². The molecule has 19 heavy (non-hydrogen) atoms. The predicted molar refractivity (Wildman–Crippen MR) is 75.4 cm³/mol. The summed E-state index contributed by atoms with van der Waals surface area (Å²) in [6.45, 7) is 5.63. The zero-order chi connectivity index (χ0) is 13.7. The van der Waals surface area contributed by atoms with Gasteiger partial charge >= 0.3 is 0 Å². The Hall–Kier alpha value is -0.690. The van der Waals surface area contributed by atoms with Crippen LogP contribution in [0.4, 0.5) is 0 Å². The van der Waals surface area contributed by atoms with Crippen LogP contribution in [0.25, 0.3) is 0 Å². The van der Waals surface area contributed by atoms with Gasteiger partial charge in [0.25, 0.3) is 0 Å². The lowest BCUT2D eigenvalue weighted by Gasteiger charge is -2.35. The number of likely N-dealkylation sites (tertiary alicyclic amines) is 1. The van der Waals surface area contributed by atoms with E-state index in [1.165, 1.54) is 25.9 Å². The maximum Gasteiger partial charge on any atom is 0.220 e. The van der Waals surface area contributed by atoms with Crippen molar-refractivity contribution in [1.29, 1.82) is 0 Å². The first-order valence-electron chi connectivity index (χ1n) is 7.32.